The van der Waals surface area contributed by atoms with Crippen LogP contribution in [0.1, 0.15) is 12.8 Å². The number of benzene rings is 1. The molecule has 0 radical (unpaired) electrons. The van der Waals surface area contributed by atoms with Crippen molar-refractivity contribution in [1.29, 1.82) is 0 Å². The normalized spacial score (nSPS) is 21.3. The molecule has 1 fully saturated rings. The van der Waals surface area contributed by atoms with Gasteiger partial charge in [-0.25, -0.2) is 12.7 Å². The summed E-state index contributed by atoms with van der Waals surface area (Å²) < 4.78 is 30.2. The van der Waals surface area contributed by atoms with Gasteiger partial charge in [0.25, 0.3) is 0 Å². The van der Waals surface area contributed by atoms with E-state index < -0.39 is 10.0 Å². The Labute approximate surface area is 119 Å². The average Bonchev–Trinajstić information content (AvgIpc) is 2.37. The molecule has 19 heavy (non-hydrogen) atoms. The van der Waals surface area contributed by atoms with Crippen LogP contribution in [0, 0.1) is 5.92 Å². The van der Waals surface area contributed by atoms with Crippen LogP contribution in [0.15, 0.2) is 24.3 Å². The van der Waals surface area contributed by atoms with E-state index in [2.05, 4.69) is 0 Å². The largest absolute Gasteiger partial charge is 0.493 e. The highest BCUT2D eigenvalue weighted by Crippen LogP contribution is 2.21. The van der Waals surface area contributed by atoms with Crippen molar-refractivity contribution in [1.82, 2.24) is 4.31 Å². The smallest absolute Gasteiger partial charge is 0.211 e. The minimum absolute atomic E-state index is 0.249. The zero-order valence-corrected chi connectivity index (χ0v) is 12.5. The van der Waals surface area contributed by atoms with Crippen molar-refractivity contribution >= 4 is 21.6 Å². The molecule has 1 aromatic rings. The summed E-state index contributed by atoms with van der Waals surface area (Å²) in [6.07, 6.45) is 3.15. The molecule has 0 aliphatic carbocycles. The Balaban J connectivity index is 1.87. The summed E-state index contributed by atoms with van der Waals surface area (Å²) in [6, 6.07) is 7.19. The summed E-state index contributed by atoms with van der Waals surface area (Å²) in [4.78, 5) is 0. The lowest BCUT2D eigenvalue weighted by molar-refractivity contribution is 0.181. The molecule has 1 saturated heterocycles. The van der Waals surface area contributed by atoms with E-state index in [-0.39, 0.29) is 5.92 Å². The Morgan fingerprint density at radius 3 is 2.68 bits per heavy atom. The molecule has 1 aliphatic heterocycles. The molecule has 1 aromatic carbocycles. The second kappa shape index (κ2) is 6.11. The van der Waals surface area contributed by atoms with Gasteiger partial charge in [-0.1, -0.05) is 11.6 Å². The molecule has 1 atom stereocenters. The number of sulfonamides is 1. The molecule has 4 nitrogen and oxygen atoms in total. The zero-order valence-electron chi connectivity index (χ0n) is 10.9. The van der Waals surface area contributed by atoms with Crippen molar-refractivity contribution in [3.63, 3.8) is 0 Å². The van der Waals surface area contributed by atoms with Crippen molar-refractivity contribution in [3.05, 3.63) is 29.3 Å². The topological polar surface area (TPSA) is 46.6 Å². The maximum absolute atomic E-state index is 11.5. The number of hydrogen-bond acceptors (Lipinski definition) is 3. The lowest BCUT2D eigenvalue weighted by Crippen LogP contribution is -2.40. The molecule has 0 amide bonds. The van der Waals surface area contributed by atoms with E-state index in [0.29, 0.717) is 24.7 Å². The van der Waals surface area contributed by atoms with Gasteiger partial charge in [0, 0.05) is 24.0 Å². The molecule has 1 unspecified atom stereocenters. The van der Waals surface area contributed by atoms with E-state index in [9.17, 15) is 8.42 Å². The molecule has 0 N–H and O–H groups in total. The molecule has 0 aromatic heterocycles. The van der Waals surface area contributed by atoms with Crippen molar-refractivity contribution < 1.29 is 13.2 Å². The quantitative estimate of drug-likeness (QED) is 0.858. The van der Waals surface area contributed by atoms with Crippen molar-refractivity contribution in [2.45, 2.75) is 12.8 Å². The molecule has 0 bridgehead atoms. The van der Waals surface area contributed by atoms with Crippen LogP contribution in [-0.2, 0) is 10.0 Å². The van der Waals surface area contributed by atoms with Crippen LogP contribution in [0.5, 0.6) is 5.75 Å². The third-order valence-electron chi connectivity index (χ3n) is 3.25. The summed E-state index contributed by atoms with van der Waals surface area (Å²) >= 11 is 5.80. The maximum Gasteiger partial charge on any atom is 0.211 e. The number of hydrogen-bond donors (Lipinski definition) is 0. The fraction of sp³-hybridized carbons (Fsp3) is 0.538. The first-order valence-corrected chi connectivity index (χ1v) is 8.51. The van der Waals surface area contributed by atoms with E-state index in [0.717, 1.165) is 18.6 Å². The third-order valence-corrected chi connectivity index (χ3v) is 4.77. The number of ether oxygens (including phenoxy) is 1. The summed E-state index contributed by atoms with van der Waals surface area (Å²) in [6.45, 7) is 1.70. The van der Waals surface area contributed by atoms with Crippen molar-refractivity contribution in [2.75, 3.05) is 26.0 Å². The van der Waals surface area contributed by atoms with Crippen LogP contribution < -0.4 is 4.74 Å². The molecule has 6 heteroatoms. The second-order valence-electron chi connectivity index (χ2n) is 4.89. The number of rotatable bonds is 4. The van der Waals surface area contributed by atoms with Crippen LogP contribution in [0.25, 0.3) is 0 Å². The molecule has 106 valence electrons. The summed E-state index contributed by atoms with van der Waals surface area (Å²) in [5, 5.41) is 0.674. The predicted molar refractivity (Wildman–Crippen MR) is 76.1 cm³/mol. The molecule has 0 spiro atoms. The van der Waals surface area contributed by atoms with E-state index >= 15 is 0 Å². The van der Waals surface area contributed by atoms with E-state index in [1.807, 2.05) is 12.1 Å². The summed E-state index contributed by atoms with van der Waals surface area (Å²) in [7, 11) is -3.09. The summed E-state index contributed by atoms with van der Waals surface area (Å²) in [5.74, 6) is 1.01. The molecular formula is C13H18ClNO3S. The molecular weight excluding hydrogens is 286 g/mol. The standard InChI is InChI=1S/C13H18ClNO3S/c1-19(16,17)15-8-2-3-11(9-15)10-18-13-6-4-12(14)5-7-13/h4-7,11H,2-3,8-10H2,1H3. The van der Waals surface area contributed by atoms with E-state index in [4.69, 9.17) is 16.3 Å². The van der Waals surface area contributed by atoms with Gasteiger partial charge in [-0.05, 0) is 37.1 Å². The lowest BCUT2D eigenvalue weighted by atomic mass is 10.0. The monoisotopic (exact) mass is 303 g/mol. The molecule has 1 heterocycles. The Morgan fingerprint density at radius 2 is 2.05 bits per heavy atom. The van der Waals surface area contributed by atoms with Crippen LogP contribution in [0.4, 0.5) is 0 Å². The number of halogens is 1. The van der Waals surface area contributed by atoms with Crippen LogP contribution in [0.2, 0.25) is 5.02 Å². The SMILES string of the molecule is CS(=O)(=O)N1CCCC(COc2ccc(Cl)cc2)C1. The van der Waals surface area contributed by atoms with Crippen LogP contribution >= 0.6 is 11.6 Å². The van der Waals surface area contributed by atoms with Gasteiger partial charge in [0.15, 0.2) is 0 Å². The maximum atomic E-state index is 11.5. The van der Waals surface area contributed by atoms with Gasteiger partial charge in [-0.3, -0.25) is 0 Å². The van der Waals surface area contributed by atoms with Gasteiger partial charge in [-0.2, -0.15) is 0 Å². The predicted octanol–water partition coefficient (Wildman–Crippen LogP) is 2.39. The van der Waals surface area contributed by atoms with E-state index in [1.165, 1.54) is 10.6 Å². The fourth-order valence-electron chi connectivity index (χ4n) is 2.21. The highest BCUT2D eigenvalue weighted by Gasteiger charge is 2.26. The molecule has 2 rings (SSSR count). The Kier molecular flexibility index (Phi) is 4.71. The first-order valence-electron chi connectivity index (χ1n) is 6.28. The Bertz CT molecular complexity index is 515. The van der Waals surface area contributed by atoms with Gasteiger partial charge < -0.3 is 4.74 Å². The minimum atomic E-state index is -3.09. The summed E-state index contributed by atoms with van der Waals surface area (Å²) in [5.41, 5.74) is 0. The average molecular weight is 304 g/mol. The van der Waals surface area contributed by atoms with Gasteiger partial charge in [0.1, 0.15) is 5.75 Å². The van der Waals surface area contributed by atoms with Gasteiger partial charge in [0.05, 0.1) is 12.9 Å². The minimum Gasteiger partial charge on any atom is -0.493 e. The molecule has 1 aliphatic rings. The molecule has 0 saturated carbocycles. The first-order chi connectivity index (χ1) is 8.95. The van der Waals surface area contributed by atoms with Gasteiger partial charge in [0.2, 0.25) is 10.0 Å². The Morgan fingerprint density at radius 1 is 1.37 bits per heavy atom. The third kappa shape index (κ3) is 4.37. The van der Waals surface area contributed by atoms with E-state index in [1.54, 1.807) is 12.1 Å². The second-order valence-corrected chi connectivity index (χ2v) is 7.31. The van der Waals surface area contributed by atoms with Gasteiger partial charge in [-0.15, -0.1) is 0 Å². The zero-order chi connectivity index (χ0) is 13.9. The Hall–Kier alpha value is -0.780. The van der Waals surface area contributed by atoms with Crippen molar-refractivity contribution in [2.24, 2.45) is 5.92 Å². The highest BCUT2D eigenvalue weighted by atomic mass is 35.5. The lowest BCUT2D eigenvalue weighted by Gasteiger charge is -2.30. The van der Waals surface area contributed by atoms with Crippen LogP contribution in [-0.4, -0.2) is 38.7 Å². The first kappa shape index (κ1) is 14.6. The van der Waals surface area contributed by atoms with Crippen molar-refractivity contribution in [3.8, 4) is 5.75 Å². The highest BCUT2D eigenvalue weighted by molar-refractivity contribution is 7.88. The number of nitrogens with zero attached hydrogens (tertiary/aromatic N) is 1. The number of piperidine rings is 1. The fourth-order valence-corrected chi connectivity index (χ4v) is 3.28. The van der Waals surface area contributed by atoms with Crippen LogP contribution in [0.3, 0.4) is 0 Å². The van der Waals surface area contributed by atoms with Gasteiger partial charge >= 0.3 is 0 Å².